The molecule has 104 valence electrons. The summed E-state index contributed by atoms with van der Waals surface area (Å²) in [6, 6.07) is 10.7. The van der Waals surface area contributed by atoms with Crippen molar-refractivity contribution >= 4 is 5.91 Å². The van der Waals surface area contributed by atoms with Crippen molar-refractivity contribution < 1.29 is 4.79 Å². The molecule has 19 heavy (non-hydrogen) atoms. The topological polar surface area (TPSA) is 41.1 Å². The van der Waals surface area contributed by atoms with E-state index in [1.165, 1.54) is 5.56 Å². The molecular formula is C16H24N2O. The van der Waals surface area contributed by atoms with Gasteiger partial charge in [-0.2, -0.15) is 0 Å². The Labute approximate surface area is 115 Å². The Morgan fingerprint density at radius 1 is 1.21 bits per heavy atom. The molecule has 2 rings (SSSR count). The molecule has 3 heteroatoms. The van der Waals surface area contributed by atoms with E-state index in [4.69, 9.17) is 0 Å². The number of nitrogens with one attached hydrogen (secondary N) is 2. The quantitative estimate of drug-likeness (QED) is 0.852. The summed E-state index contributed by atoms with van der Waals surface area (Å²) in [7, 11) is 0. The van der Waals surface area contributed by atoms with Gasteiger partial charge in [0.15, 0.2) is 0 Å². The Hall–Kier alpha value is -1.35. The maximum Gasteiger partial charge on any atom is 0.220 e. The summed E-state index contributed by atoms with van der Waals surface area (Å²) in [4.78, 5) is 11.9. The predicted molar refractivity (Wildman–Crippen MR) is 78.0 cm³/mol. The van der Waals surface area contributed by atoms with Crippen molar-refractivity contribution in [3.8, 4) is 0 Å². The summed E-state index contributed by atoms with van der Waals surface area (Å²) < 4.78 is 0. The lowest BCUT2D eigenvalue weighted by Crippen LogP contribution is -2.35. The minimum absolute atomic E-state index is 0.211. The van der Waals surface area contributed by atoms with Gasteiger partial charge in [0.2, 0.25) is 5.91 Å². The largest absolute Gasteiger partial charge is 0.353 e. The van der Waals surface area contributed by atoms with Gasteiger partial charge in [-0.1, -0.05) is 30.3 Å². The van der Waals surface area contributed by atoms with E-state index in [1.807, 2.05) is 18.2 Å². The van der Waals surface area contributed by atoms with Gasteiger partial charge in [0.05, 0.1) is 0 Å². The Balaban J connectivity index is 1.64. The van der Waals surface area contributed by atoms with E-state index in [2.05, 4.69) is 22.8 Å². The second-order valence-corrected chi connectivity index (χ2v) is 5.28. The monoisotopic (exact) mass is 260 g/mol. The van der Waals surface area contributed by atoms with E-state index in [9.17, 15) is 4.79 Å². The van der Waals surface area contributed by atoms with Crippen molar-refractivity contribution in [3.63, 3.8) is 0 Å². The fourth-order valence-corrected chi connectivity index (χ4v) is 2.56. The van der Waals surface area contributed by atoms with Crippen LogP contribution in [0, 0.1) is 0 Å². The van der Waals surface area contributed by atoms with Gasteiger partial charge < -0.3 is 10.6 Å². The fourth-order valence-electron chi connectivity index (χ4n) is 2.56. The molecule has 1 heterocycles. The second kappa shape index (κ2) is 7.95. The second-order valence-electron chi connectivity index (χ2n) is 5.28. The van der Waals surface area contributed by atoms with Gasteiger partial charge in [-0.05, 0) is 50.8 Å². The van der Waals surface area contributed by atoms with Gasteiger partial charge >= 0.3 is 0 Å². The highest BCUT2D eigenvalue weighted by Gasteiger charge is 2.13. The molecular weight excluding hydrogens is 236 g/mol. The van der Waals surface area contributed by atoms with E-state index >= 15 is 0 Å². The van der Waals surface area contributed by atoms with Crippen LogP contribution in [0.2, 0.25) is 0 Å². The maximum absolute atomic E-state index is 11.9. The third-order valence-corrected chi connectivity index (χ3v) is 3.65. The summed E-state index contributed by atoms with van der Waals surface area (Å²) >= 11 is 0. The van der Waals surface area contributed by atoms with Gasteiger partial charge in [-0.25, -0.2) is 0 Å². The number of rotatable bonds is 5. The lowest BCUT2D eigenvalue weighted by molar-refractivity contribution is -0.121. The van der Waals surface area contributed by atoms with Gasteiger partial charge in [-0.3, -0.25) is 4.79 Å². The van der Waals surface area contributed by atoms with Crippen LogP contribution in [0.25, 0.3) is 0 Å². The predicted octanol–water partition coefficient (Wildman–Crippen LogP) is 2.27. The molecule has 1 saturated heterocycles. The summed E-state index contributed by atoms with van der Waals surface area (Å²) in [5.41, 5.74) is 1.31. The average Bonchev–Trinajstić information content (AvgIpc) is 2.68. The zero-order chi connectivity index (χ0) is 13.3. The highest BCUT2D eigenvalue weighted by atomic mass is 16.1. The van der Waals surface area contributed by atoms with Crippen LogP contribution >= 0.6 is 0 Å². The van der Waals surface area contributed by atoms with Crippen LogP contribution in [0.15, 0.2) is 30.3 Å². The number of amides is 1. The molecule has 1 aliphatic rings. The molecule has 3 nitrogen and oxygen atoms in total. The first kappa shape index (κ1) is 14.1. The van der Waals surface area contributed by atoms with Gasteiger partial charge in [-0.15, -0.1) is 0 Å². The number of carbonyl (C=O) groups is 1. The molecule has 1 amide bonds. The van der Waals surface area contributed by atoms with E-state index in [-0.39, 0.29) is 5.91 Å². The Bertz CT molecular complexity index is 370. The van der Waals surface area contributed by atoms with Gasteiger partial charge in [0.1, 0.15) is 0 Å². The molecule has 1 aromatic carbocycles. The normalized spacial score (nSPS) is 19.7. The minimum Gasteiger partial charge on any atom is -0.353 e. The molecule has 1 unspecified atom stereocenters. The lowest BCUT2D eigenvalue weighted by atomic mass is 10.1. The smallest absolute Gasteiger partial charge is 0.220 e. The van der Waals surface area contributed by atoms with Crippen molar-refractivity contribution in [2.24, 2.45) is 0 Å². The summed E-state index contributed by atoms with van der Waals surface area (Å²) in [6.45, 7) is 2.11. The number of benzene rings is 1. The molecule has 2 N–H and O–H groups in total. The number of hydrogen-bond acceptors (Lipinski definition) is 2. The van der Waals surface area contributed by atoms with Crippen molar-refractivity contribution in [2.45, 2.75) is 44.6 Å². The number of carbonyl (C=O) groups excluding carboxylic acids is 1. The molecule has 0 bridgehead atoms. The highest BCUT2D eigenvalue weighted by Crippen LogP contribution is 2.07. The maximum atomic E-state index is 11.9. The molecule has 0 saturated carbocycles. The summed E-state index contributed by atoms with van der Waals surface area (Å²) in [6.07, 6.45) is 5.89. The van der Waals surface area contributed by atoms with Gasteiger partial charge in [0.25, 0.3) is 0 Å². The zero-order valence-electron chi connectivity index (χ0n) is 11.5. The standard InChI is InChI=1S/C16H24N2O/c19-16(18-15-9-5-12-17-13-11-15)10-4-8-14-6-2-1-3-7-14/h1-3,6-7,15,17H,4-5,8-13H2,(H,18,19). The molecule has 1 aromatic rings. The Morgan fingerprint density at radius 3 is 2.89 bits per heavy atom. The van der Waals surface area contributed by atoms with Crippen LogP contribution in [0.5, 0.6) is 0 Å². The molecule has 0 aromatic heterocycles. The Morgan fingerprint density at radius 2 is 2.05 bits per heavy atom. The van der Waals surface area contributed by atoms with Crippen LogP contribution < -0.4 is 10.6 Å². The third kappa shape index (κ3) is 5.43. The molecule has 1 fully saturated rings. The van der Waals surface area contributed by atoms with E-state index < -0.39 is 0 Å². The minimum atomic E-state index is 0.211. The molecule has 1 atom stereocenters. The van der Waals surface area contributed by atoms with E-state index in [0.29, 0.717) is 12.5 Å². The molecule has 0 aliphatic carbocycles. The number of hydrogen-bond donors (Lipinski definition) is 2. The summed E-state index contributed by atoms with van der Waals surface area (Å²) in [5.74, 6) is 0.211. The van der Waals surface area contributed by atoms with Crippen LogP contribution in [0.1, 0.15) is 37.7 Å². The van der Waals surface area contributed by atoms with E-state index in [0.717, 1.165) is 45.2 Å². The SMILES string of the molecule is O=C(CCCc1ccccc1)NC1CCCNCC1. The molecule has 0 spiro atoms. The van der Waals surface area contributed by atoms with Crippen molar-refractivity contribution in [1.82, 2.24) is 10.6 Å². The van der Waals surface area contributed by atoms with Crippen molar-refractivity contribution in [2.75, 3.05) is 13.1 Å². The van der Waals surface area contributed by atoms with E-state index in [1.54, 1.807) is 0 Å². The van der Waals surface area contributed by atoms with Gasteiger partial charge in [0, 0.05) is 12.5 Å². The van der Waals surface area contributed by atoms with Crippen LogP contribution in [-0.4, -0.2) is 25.0 Å². The third-order valence-electron chi connectivity index (χ3n) is 3.65. The summed E-state index contributed by atoms with van der Waals surface area (Å²) in [5, 5.41) is 6.53. The first-order chi connectivity index (χ1) is 9.34. The molecule has 1 aliphatic heterocycles. The van der Waals surface area contributed by atoms with Crippen molar-refractivity contribution in [1.29, 1.82) is 0 Å². The highest BCUT2D eigenvalue weighted by molar-refractivity contribution is 5.76. The fraction of sp³-hybridized carbons (Fsp3) is 0.562. The van der Waals surface area contributed by atoms with Crippen LogP contribution in [0.4, 0.5) is 0 Å². The first-order valence-electron chi connectivity index (χ1n) is 7.38. The zero-order valence-corrected chi connectivity index (χ0v) is 11.5. The average molecular weight is 260 g/mol. The Kier molecular flexibility index (Phi) is 5.89. The molecule has 0 radical (unpaired) electrons. The number of aryl methyl sites for hydroxylation is 1. The van der Waals surface area contributed by atoms with Crippen LogP contribution in [0.3, 0.4) is 0 Å². The first-order valence-corrected chi connectivity index (χ1v) is 7.38. The van der Waals surface area contributed by atoms with Crippen LogP contribution in [-0.2, 0) is 11.2 Å². The van der Waals surface area contributed by atoms with Crippen molar-refractivity contribution in [3.05, 3.63) is 35.9 Å². The lowest BCUT2D eigenvalue weighted by Gasteiger charge is -2.15.